The van der Waals surface area contributed by atoms with Gasteiger partial charge in [0.15, 0.2) is 11.9 Å². The zero-order valence-corrected chi connectivity index (χ0v) is 12.4. The lowest BCUT2D eigenvalue weighted by Gasteiger charge is -2.12. The highest BCUT2D eigenvalue weighted by molar-refractivity contribution is 5.83. The third kappa shape index (κ3) is 9.42. The second-order valence-electron chi connectivity index (χ2n) is 5.17. The van der Waals surface area contributed by atoms with Crippen molar-refractivity contribution in [2.75, 3.05) is 6.61 Å². The van der Waals surface area contributed by atoms with Crippen molar-refractivity contribution in [2.45, 2.75) is 59.5 Å². The minimum Gasteiger partial charge on any atom is -0.454 e. The zero-order valence-electron chi connectivity index (χ0n) is 12.4. The highest BCUT2D eigenvalue weighted by Crippen LogP contribution is 2.13. The summed E-state index contributed by atoms with van der Waals surface area (Å²) in [5.41, 5.74) is 1.18. The molecule has 0 fully saturated rings. The lowest BCUT2D eigenvalue weighted by molar-refractivity contribution is -0.152. The van der Waals surface area contributed by atoms with E-state index in [9.17, 15) is 9.59 Å². The molecule has 0 aromatic heterocycles. The second-order valence-corrected chi connectivity index (χ2v) is 5.17. The first-order chi connectivity index (χ1) is 8.86. The summed E-state index contributed by atoms with van der Waals surface area (Å²) in [6.07, 6.45) is 4.68. The SMILES string of the molecule is CC(=O)OC(C/C=C(\C)CCC[C@H](C)CO)C(C)=O. The number of esters is 1. The van der Waals surface area contributed by atoms with Gasteiger partial charge in [-0.05, 0) is 39.0 Å². The van der Waals surface area contributed by atoms with E-state index < -0.39 is 12.1 Å². The van der Waals surface area contributed by atoms with Crippen LogP contribution in [0.3, 0.4) is 0 Å². The lowest BCUT2D eigenvalue weighted by Crippen LogP contribution is -2.23. The van der Waals surface area contributed by atoms with Gasteiger partial charge in [-0.1, -0.05) is 18.6 Å². The molecule has 0 saturated carbocycles. The van der Waals surface area contributed by atoms with E-state index in [4.69, 9.17) is 9.84 Å². The van der Waals surface area contributed by atoms with E-state index in [0.717, 1.165) is 19.3 Å². The van der Waals surface area contributed by atoms with Crippen LogP contribution >= 0.6 is 0 Å². The number of rotatable bonds is 9. The van der Waals surface area contributed by atoms with E-state index in [1.54, 1.807) is 0 Å². The Kier molecular flexibility index (Phi) is 9.13. The number of hydrogen-bond acceptors (Lipinski definition) is 4. The van der Waals surface area contributed by atoms with Crippen molar-refractivity contribution in [1.29, 1.82) is 0 Å². The maximum absolute atomic E-state index is 11.3. The Labute approximate surface area is 115 Å². The van der Waals surface area contributed by atoms with Gasteiger partial charge in [0.25, 0.3) is 0 Å². The smallest absolute Gasteiger partial charge is 0.303 e. The van der Waals surface area contributed by atoms with Crippen LogP contribution in [0.1, 0.15) is 53.4 Å². The average Bonchev–Trinajstić information content (AvgIpc) is 2.33. The maximum Gasteiger partial charge on any atom is 0.303 e. The molecule has 0 amide bonds. The van der Waals surface area contributed by atoms with Crippen LogP contribution in [-0.2, 0) is 14.3 Å². The average molecular weight is 270 g/mol. The summed E-state index contributed by atoms with van der Waals surface area (Å²) in [7, 11) is 0. The molecule has 1 N–H and O–H groups in total. The van der Waals surface area contributed by atoms with Gasteiger partial charge in [-0.25, -0.2) is 0 Å². The molecule has 0 aliphatic heterocycles. The van der Waals surface area contributed by atoms with Gasteiger partial charge in [0, 0.05) is 20.0 Å². The van der Waals surface area contributed by atoms with Gasteiger partial charge in [-0.3, -0.25) is 9.59 Å². The van der Waals surface area contributed by atoms with Gasteiger partial charge < -0.3 is 9.84 Å². The van der Waals surface area contributed by atoms with Gasteiger partial charge in [-0.15, -0.1) is 0 Å². The van der Waals surface area contributed by atoms with Crippen molar-refractivity contribution in [1.82, 2.24) is 0 Å². The summed E-state index contributed by atoms with van der Waals surface area (Å²) < 4.78 is 4.96. The topological polar surface area (TPSA) is 63.6 Å². The van der Waals surface area contributed by atoms with Crippen molar-refractivity contribution in [3.05, 3.63) is 11.6 Å². The third-order valence-corrected chi connectivity index (χ3v) is 3.02. The van der Waals surface area contributed by atoms with E-state index in [0.29, 0.717) is 12.3 Å². The molecule has 0 radical (unpaired) electrons. The van der Waals surface area contributed by atoms with Crippen LogP contribution < -0.4 is 0 Å². The molecule has 19 heavy (non-hydrogen) atoms. The Balaban J connectivity index is 4.12. The molecule has 0 aromatic carbocycles. The molecule has 0 rings (SSSR count). The van der Waals surface area contributed by atoms with Gasteiger partial charge in [0.2, 0.25) is 0 Å². The van der Waals surface area contributed by atoms with Crippen molar-refractivity contribution in [3.8, 4) is 0 Å². The number of carbonyl (C=O) groups excluding carboxylic acids is 2. The summed E-state index contributed by atoms with van der Waals surface area (Å²) in [5.74, 6) is -0.227. The Morgan fingerprint density at radius 1 is 1.26 bits per heavy atom. The van der Waals surface area contributed by atoms with Gasteiger partial charge in [-0.2, -0.15) is 0 Å². The highest BCUT2D eigenvalue weighted by Gasteiger charge is 2.15. The number of ether oxygens (including phenoxy) is 1. The Hall–Kier alpha value is -1.16. The number of allylic oxidation sites excluding steroid dienone is 1. The molecule has 4 nitrogen and oxygen atoms in total. The van der Waals surface area contributed by atoms with E-state index in [2.05, 4.69) is 0 Å². The van der Waals surface area contributed by atoms with E-state index >= 15 is 0 Å². The van der Waals surface area contributed by atoms with E-state index in [-0.39, 0.29) is 12.4 Å². The Bertz CT molecular complexity index is 320. The van der Waals surface area contributed by atoms with Gasteiger partial charge in [0.1, 0.15) is 0 Å². The molecule has 0 aromatic rings. The minimum atomic E-state index is -0.663. The van der Waals surface area contributed by atoms with Crippen molar-refractivity contribution >= 4 is 11.8 Å². The largest absolute Gasteiger partial charge is 0.454 e. The van der Waals surface area contributed by atoms with Crippen molar-refractivity contribution in [2.24, 2.45) is 5.92 Å². The zero-order chi connectivity index (χ0) is 14.8. The maximum atomic E-state index is 11.3. The van der Waals surface area contributed by atoms with Crippen LogP contribution in [0.25, 0.3) is 0 Å². The Morgan fingerprint density at radius 3 is 2.37 bits per heavy atom. The van der Waals surface area contributed by atoms with E-state index in [1.165, 1.54) is 19.4 Å². The molecule has 0 saturated heterocycles. The number of aliphatic hydroxyl groups excluding tert-OH is 1. The number of ketones is 1. The van der Waals surface area contributed by atoms with Crippen LogP contribution in [0.2, 0.25) is 0 Å². The van der Waals surface area contributed by atoms with Crippen LogP contribution in [0.5, 0.6) is 0 Å². The summed E-state index contributed by atoms with van der Waals surface area (Å²) in [6.45, 7) is 6.99. The number of Topliss-reactive ketones (excluding diaryl/α,β-unsaturated/α-hetero) is 1. The number of carbonyl (C=O) groups is 2. The first-order valence-electron chi connectivity index (χ1n) is 6.81. The standard InChI is InChI=1S/C15H26O4/c1-11(6-5-7-12(2)10-16)8-9-15(13(3)17)19-14(4)18/h8,12,15-16H,5-7,9-10H2,1-4H3/b11-8+/t12-,15?/m0/s1. The Morgan fingerprint density at radius 2 is 1.89 bits per heavy atom. The first kappa shape index (κ1) is 17.8. The highest BCUT2D eigenvalue weighted by atomic mass is 16.5. The molecule has 0 spiro atoms. The van der Waals surface area contributed by atoms with Gasteiger partial charge in [0.05, 0.1) is 0 Å². The normalized spacial score (nSPS) is 14.9. The summed E-state index contributed by atoms with van der Waals surface area (Å²) >= 11 is 0. The molecule has 0 bridgehead atoms. The molecule has 110 valence electrons. The molecule has 4 heteroatoms. The predicted molar refractivity (Wildman–Crippen MR) is 74.7 cm³/mol. The molecule has 0 aliphatic rings. The molecule has 0 heterocycles. The lowest BCUT2D eigenvalue weighted by atomic mass is 10.0. The minimum absolute atomic E-state index is 0.131. The predicted octanol–water partition coefficient (Wildman–Crippen LogP) is 2.64. The fourth-order valence-corrected chi connectivity index (χ4v) is 1.73. The first-order valence-corrected chi connectivity index (χ1v) is 6.81. The van der Waals surface area contributed by atoms with Crippen LogP contribution in [0.4, 0.5) is 0 Å². The van der Waals surface area contributed by atoms with Crippen LogP contribution in [0.15, 0.2) is 11.6 Å². The molecule has 2 atom stereocenters. The molecule has 1 unspecified atom stereocenters. The third-order valence-electron chi connectivity index (χ3n) is 3.02. The van der Waals surface area contributed by atoms with Crippen molar-refractivity contribution < 1.29 is 19.4 Å². The number of hydrogen-bond donors (Lipinski definition) is 1. The molecule has 0 aliphatic carbocycles. The van der Waals surface area contributed by atoms with Crippen LogP contribution in [0, 0.1) is 5.92 Å². The number of aliphatic hydroxyl groups is 1. The quantitative estimate of drug-likeness (QED) is 0.517. The fourth-order valence-electron chi connectivity index (χ4n) is 1.73. The fraction of sp³-hybridized carbons (Fsp3) is 0.733. The molecular weight excluding hydrogens is 244 g/mol. The van der Waals surface area contributed by atoms with Crippen LogP contribution in [-0.4, -0.2) is 29.6 Å². The van der Waals surface area contributed by atoms with Crippen molar-refractivity contribution in [3.63, 3.8) is 0 Å². The summed E-state index contributed by atoms with van der Waals surface area (Å²) in [5, 5.41) is 8.92. The van der Waals surface area contributed by atoms with E-state index in [1.807, 2.05) is 19.9 Å². The molecular formula is C15H26O4. The van der Waals surface area contributed by atoms with Gasteiger partial charge >= 0.3 is 5.97 Å². The summed E-state index contributed by atoms with van der Waals surface area (Å²) in [4.78, 5) is 22.2. The summed E-state index contributed by atoms with van der Waals surface area (Å²) in [6, 6.07) is 0. The second kappa shape index (κ2) is 9.73. The monoisotopic (exact) mass is 270 g/mol.